The lowest BCUT2D eigenvalue weighted by molar-refractivity contribution is -0.185. The van der Waals surface area contributed by atoms with Gasteiger partial charge in [0.25, 0.3) is 0 Å². The van der Waals surface area contributed by atoms with Gasteiger partial charge in [0.05, 0.1) is 24.7 Å². The van der Waals surface area contributed by atoms with Crippen LogP contribution in [-0.2, 0) is 9.53 Å². The Hall–Kier alpha value is -1.19. The topological polar surface area (TPSA) is 61.8 Å². The molecular weight excluding hydrogens is 477 g/mol. The van der Waals surface area contributed by atoms with E-state index >= 15 is 0 Å². The van der Waals surface area contributed by atoms with Crippen LogP contribution >= 0.6 is 11.8 Å². The van der Waals surface area contributed by atoms with Gasteiger partial charge in [-0.1, -0.05) is 25.3 Å². The Kier molecular flexibility index (Phi) is 9.49. The van der Waals surface area contributed by atoms with E-state index in [9.17, 15) is 18.0 Å². The zero-order valence-electron chi connectivity index (χ0n) is 20.4. The van der Waals surface area contributed by atoms with Gasteiger partial charge in [-0.25, -0.2) is 0 Å². The van der Waals surface area contributed by atoms with Gasteiger partial charge in [-0.15, -0.1) is 11.8 Å². The highest BCUT2D eigenvalue weighted by Crippen LogP contribution is 2.47. The van der Waals surface area contributed by atoms with Crippen LogP contribution in [0.4, 0.5) is 13.2 Å². The number of carbonyl (C=O) groups is 1. The maximum Gasteiger partial charge on any atom is 0.392 e. The molecule has 9 heteroatoms. The van der Waals surface area contributed by atoms with Gasteiger partial charge in [0.2, 0.25) is 0 Å². The van der Waals surface area contributed by atoms with Gasteiger partial charge in [-0.05, 0) is 50.5 Å². The maximum atomic E-state index is 14.2. The van der Waals surface area contributed by atoms with Crippen molar-refractivity contribution in [1.29, 1.82) is 0 Å². The summed E-state index contributed by atoms with van der Waals surface area (Å²) in [5.41, 5.74) is 0. The number of alkyl halides is 3. The Morgan fingerprint density at radius 3 is 2.74 bits per heavy atom. The van der Waals surface area contributed by atoms with Gasteiger partial charge in [0.15, 0.2) is 0 Å². The number of carboxylic acids is 1. The number of hydrogen-bond acceptors (Lipinski definition) is 5. The fourth-order valence-electron chi connectivity index (χ4n) is 6.06. The first-order chi connectivity index (χ1) is 16.8. The number of halogens is 3. The molecule has 0 aromatic heterocycles. The fraction of sp³-hybridized carbons (Fsp3) is 0.808. The fourth-order valence-corrected chi connectivity index (χ4v) is 7.51. The molecule has 0 amide bonds. The molecule has 3 fully saturated rings. The normalized spacial score (nSPS) is 31.5. The molecule has 0 bridgehead atoms. The van der Waals surface area contributed by atoms with E-state index in [0.717, 1.165) is 30.1 Å². The Morgan fingerprint density at radius 2 is 2.00 bits per heavy atom. The molecule has 0 aromatic rings. The second-order valence-corrected chi connectivity index (χ2v) is 11.9. The lowest BCUT2D eigenvalue weighted by atomic mass is 9.83. The number of ether oxygens (including phenoxy) is 1. The van der Waals surface area contributed by atoms with Crippen molar-refractivity contribution in [2.75, 3.05) is 26.2 Å². The second kappa shape index (κ2) is 12.4. The highest BCUT2D eigenvalue weighted by atomic mass is 32.2. The number of nitrogens with one attached hydrogen (secondary N) is 1. The third-order valence-corrected chi connectivity index (χ3v) is 9.38. The zero-order valence-corrected chi connectivity index (χ0v) is 21.2. The summed E-state index contributed by atoms with van der Waals surface area (Å²) in [5.74, 6) is -0.713. The van der Waals surface area contributed by atoms with Gasteiger partial charge in [-0.3, -0.25) is 9.69 Å². The molecule has 0 radical (unpaired) electrons. The number of thioether (sulfide) groups is 1. The van der Waals surface area contributed by atoms with Crippen molar-refractivity contribution in [2.24, 2.45) is 11.8 Å². The van der Waals surface area contributed by atoms with E-state index in [1.807, 2.05) is 6.08 Å². The number of aliphatic carboxylic acids is 1. The third kappa shape index (κ3) is 7.89. The van der Waals surface area contributed by atoms with Crippen LogP contribution in [0.15, 0.2) is 22.8 Å². The van der Waals surface area contributed by atoms with Crippen LogP contribution in [0.25, 0.3) is 0 Å². The van der Waals surface area contributed by atoms with Crippen LogP contribution in [0, 0.1) is 11.8 Å². The molecule has 1 aliphatic heterocycles. The first-order valence-corrected chi connectivity index (χ1v) is 14.1. The molecule has 35 heavy (non-hydrogen) atoms. The Morgan fingerprint density at radius 1 is 1.20 bits per heavy atom. The molecule has 4 atom stereocenters. The summed E-state index contributed by atoms with van der Waals surface area (Å²) in [4.78, 5) is 14.1. The molecule has 5 nitrogen and oxygen atoms in total. The number of nitrogens with zero attached hydrogens (tertiary/aromatic N) is 1. The van der Waals surface area contributed by atoms with Crippen LogP contribution in [-0.4, -0.2) is 65.7 Å². The molecule has 3 aliphatic carbocycles. The minimum atomic E-state index is -4.25. The molecule has 0 spiro atoms. The minimum absolute atomic E-state index is 0.00393. The van der Waals surface area contributed by atoms with Crippen LogP contribution in [0.2, 0.25) is 0 Å². The van der Waals surface area contributed by atoms with Gasteiger partial charge in [0, 0.05) is 48.3 Å². The van der Waals surface area contributed by atoms with Crippen LogP contribution < -0.4 is 5.32 Å². The smallest absolute Gasteiger partial charge is 0.392 e. The highest BCUT2D eigenvalue weighted by Gasteiger charge is 2.49. The van der Waals surface area contributed by atoms with E-state index in [1.54, 1.807) is 0 Å². The molecule has 2 N–H and O–H groups in total. The highest BCUT2D eigenvalue weighted by molar-refractivity contribution is 8.03. The average molecular weight is 517 g/mol. The summed E-state index contributed by atoms with van der Waals surface area (Å²) in [6, 6.07) is -0.357. The quantitative estimate of drug-likeness (QED) is 0.430. The standard InChI is InChI=1S/C26H39F3N2O3S/c27-26(28,29)23-14-20(31-12-11-30-19(16-31)13-25(32)33)9-10-24(23)35-22-8-4-7-21(15-22)34-17-18-5-2-1-3-6-18/h8,15,18-20,23-24,30H,1-7,9-14,16-17H2,(H,32,33). The van der Waals surface area contributed by atoms with Crippen LogP contribution in [0.1, 0.15) is 70.6 Å². The van der Waals surface area contributed by atoms with E-state index in [1.165, 1.54) is 43.9 Å². The molecule has 1 heterocycles. The predicted octanol–water partition coefficient (Wildman–Crippen LogP) is 5.73. The van der Waals surface area contributed by atoms with Crippen molar-refractivity contribution in [3.8, 4) is 0 Å². The summed E-state index contributed by atoms with van der Waals surface area (Å²) in [6.45, 7) is 2.51. The van der Waals surface area contributed by atoms with E-state index < -0.39 is 23.3 Å². The van der Waals surface area contributed by atoms with Gasteiger partial charge in [-0.2, -0.15) is 13.2 Å². The number of piperazine rings is 1. The van der Waals surface area contributed by atoms with E-state index in [0.29, 0.717) is 38.4 Å². The average Bonchev–Trinajstić information content (AvgIpc) is 2.83. The molecule has 2 saturated carbocycles. The predicted molar refractivity (Wildman–Crippen MR) is 132 cm³/mol. The maximum absolute atomic E-state index is 14.2. The third-order valence-electron chi connectivity index (χ3n) is 7.96. The number of rotatable bonds is 8. The summed E-state index contributed by atoms with van der Waals surface area (Å²) in [6.07, 6.45) is 9.01. The van der Waals surface area contributed by atoms with E-state index in [-0.39, 0.29) is 24.9 Å². The summed E-state index contributed by atoms with van der Waals surface area (Å²) in [5, 5.41) is 11.8. The van der Waals surface area contributed by atoms with Crippen molar-refractivity contribution >= 4 is 17.7 Å². The van der Waals surface area contributed by atoms with Crippen LogP contribution in [0.3, 0.4) is 0 Å². The van der Waals surface area contributed by atoms with E-state index in [2.05, 4.69) is 16.3 Å². The second-order valence-electron chi connectivity index (χ2n) is 10.6. The molecular formula is C26H39F3N2O3S. The number of carboxylic acid groups (broad SMARTS) is 1. The summed E-state index contributed by atoms with van der Waals surface area (Å²) >= 11 is 1.38. The Bertz CT molecular complexity index is 782. The van der Waals surface area contributed by atoms with Gasteiger partial charge in [0.1, 0.15) is 0 Å². The van der Waals surface area contributed by atoms with Crippen molar-refractivity contribution < 1.29 is 27.8 Å². The number of allylic oxidation sites excluding steroid dienone is 3. The van der Waals surface area contributed by atoms with Crippen molar-refractivity contribution in [2.45, 2.75) is 94.1 Å². The molecule has 4 aliphatic rings. The zero-order chi connectivity index (χ0) is 24.8. The SMILES string of the molecule is O=C(O)CC1CN(C2CCC(SC3=CCCC(OCC4CCCCC4)=C3)C(C(F)(F)F)C2)CCN1. The van der Waals surface area contributed by atoms with Crippen LogP contribution in [0.5, 0.6) is 0 Å². The lowest BCUT2D eigenvalue weighted by Crippen LogP contribution is -2.56. The Balaban J connectivity index is 1.34. The molecule has 4 rings (SSSR count). The summed E-state index contributed by atoms with van der Waals surface area (Å²) in [7, 11) is 0. The van der Waals surface area contributed by atoms with E-state index in [4.69, 9.17) is 9.84 Å². The summed E-state index contributed by atoms with van der Waals surface area (Å²) < 4.78 is 48.6. The Labute approximate surface area is 210 Å². The minimum Gasteiger partial charge on any atom is -0.498 e. The first kappa shape index (κ1) is 26.9. The van der Waals surface area contributed by atoms with Gasteiger partial charge < -0.3 is 15.2 Å². The van der Waals surface area contributed by atoms with Crippen molar-refractivity contribution in [1.82, 2.24) is 10.2 Å². The number of hydrogen-bond donors (Lipinski definition) is 2. The van der Waals surface area contributed by atoms with Gasteiger partial charge >= 0.3 is 12.1 Å². The monoisotopic (exact) mass is 516 g/mol. The molecule has 198 valence electrons. The largest absolute Gasteiger partial charge is 0.498 e. The van der Waals surface area contributed by atoms with Crippen molar-refractivity contribution in [3.63, 3.8) is 0 Å². The molecule has 0 aromatic carbocycles. The first-order valence-electron chi connectivity index (χ1n) is 13.2. The van der Waals surface area contributed by atoms with Crippen molar-refractivity contribution in [3.05, 3.63) is 22.8 Å². The molecule has 1 saturated heterocycles. The molecule has 4 unspecified atom stereocenters. The lowest BCUT2D eigenvalue weighted by Gasteiger charge is -2.44.